The highest BCUT2D eigenvalue weighted by Crippen LogP contribution is 2.34. The molecule has 3 rings (SSSR count). The van der Waals surface area contributed by atoms with E-state index in [9.17, 15) is 9.59 Å². The Morgan fingerprint density at radius 2 is 2.00 bits per heavy atom. The Morgan fingerprint density at radius 1 is 1.16 bits per heavy atom. The second-order valence-corrected chi connectivity index (χ2v) is 5.34. The van der Waals surface area contributed by atoms with Crippen LogP contribution in [0.4, 0.5) is 5.69 Å². The molecule has 19 heavy (non-hydrogen) atoms. The van der Waals surface area contributed by atoms with Crippen molar-refractivity contribution < 1.29 is 4.79 Å². The number of anilines is 1. The lowest BCUT2D eigenvalue weighted by Crippen LogP contribution is -2.36. The first-order valence-corrected chi connectivity index (χ1v) is 6.97. The molecule has 0 saturated heterocycles. The first kappa shape index (κ1) is 12.0. The maximum atomic E-state index is 12.5. The minimum Gasteiger partial charge on any atom is -0.318 e. The number of aromatic nitrogens is 1. The van der Waals surface area contributed by atoms with E-state index in [1.807, 2.05) is 24.3 Å². The first-order valence-electron chi connectivity index (χ1n) is 5.99. The van der Waals surface area contributed by atoms with E-state index in [1.54, 1.807) is 28.8 Å². The third-order valence-corrected chi connectivity index (χ3v) is 4.02. The van der Waals surface area contributed by atoms with Gasteiger partial charge in [-0.1, -0.05) is 18.2 Å². The number of fused-ring (bicyclic) bond motifs is 1. The zero-order valence-corrected chi connectivity index (χ0v) is 10.9. The van der Waals surface area contributed by atoms with Crippen molar-refractivity contribution in [3.05, 3.63) is 58.5 Å². The Morgan fingerprint density at radius 3 is 2.84 bits per heavy atom. The molecule has 0 fully saturated rings. The van der Waals surface area contributed by atoms with Gasteiger partial charge in [0.1, 0.15) is 5.69 Å². The molecule has 2 heterocycles. The van der Waals surface area contributed by atoms with Gasteiger partial charge in [-0.15, -0.1) is 11.8 Å². The molecule has 1 aromatic carbocycles. The fraction of sp³-hybridized carbons (Fsp3) is 0.143. The molecule has 0 saturated carbocycles. The second kappa shape index (κ2) is 4.93. The summed E-state index contributed by atoms with van der Waals surface area (Å²) in [4.78, 5) is 29.2. The van der Waals surface area contributed by atoms with Crippen LogP contribution in [0.25, 0.3) is 0 Å². The number of carbonyl (C=O) groups excluding carboxylic acids is 1. The van der Waals surface area contributed by atoms with Crippen molar-refractivity contribution in [2.75, 3.05) is 17.2 Å². The second-order valence-electron chi connectivity index (χ2n) is 4.20. The lowest BCUT2D eigenvalue weighted by atomic mass is 10.2. The highest BCUT2D eigenvalue weighted by atomic mass is 32.2. The van der Waals surface area contributed by atoms with Crippen LogP contribution >= 0.6 is 11.8 Å². The highest BCUT2D eigenvalue weighted by Gasteiger charge is 2.23. The predicted octanol–water partition coefficient (Wildman–Crippen LogP) is 2.13. The predicted molar refractivity (Wildman–Crippen MR) is 75.9 cm³/mol. The largest absolute Gasteiger partial charge is 0.318 e. The summed E-state index contributed by atoms with van der Waals surface area (Å²) in [5.74, 6) is 0.699. The third-order valence-electron chi connectivity index (χ3n) is 2.97. The molecule has 0 atom stereocenters. The van der Waals surface area contributed by atoms with E-state index in [2.05, 4.69) is 4.98 Å². The Hall–Kier alpha value is -2.01. The molecule has 4 nitrogen and oxygen atoms in total. The monoisotopic (exact) mass is 272 g/mol. The summed E-state index contributed by atoms with van der Waals surface area (Å²) in [5.41, 5.74) is 0.980. The Balaban J connectivity index is 2.00. The summed E-state index contributed by atoms with van der Waals surface area (Å²) < 4.78 is 0. The Kier molecular flexibility index (Phi) is 3.13. The molecule has 1 N–H and O–H groups in total. The number of para-hydroxylation sites is 1. The van der Waals surface area contributed by atoms with Gasteiger partial charge < -0.3 is 9.88 Å². The molecule has 1 aliphatic rings. The zero-order valence-electron chi connectivity index (χ0n) is 10.1. The van der Waals surface area contributed by atoms with Gasteiger partial charge in [-0.05, 0) is 18.2 Å². The van der Waals surface area contributed by atoms with Crippen molar-refractivity contribution in [2.24, 2.45) is 0 Å². The topological polar surface area (TPSA) is 53.2 Å². The molecule has 96 valence electrons. The number of nitrogens with one attached hydrogen (secondary N) is 1. The van der Waals surface area contributed by atoms with Gasteiger partial charge in [0.25, 0.3) is 5.91 Å². The molecule has 0 radical (unpaired) electrons. The van der Waals surface area contributed by atoms with Gasteiger partial charge in [0.2, 0.25) is 5.56 Å². The standard InChI is InChI=1S/C14H12N2O2S/c17-13-7-3-4-10(15-13)14(18)16-8-9-19-12-6-2-1-5-11(12)16/h1-7H,8-9H2,(H,15,17). The number of pyridine rings is 1. The van der Waals surface area contributed by atoms with Gasteiger partial charge in [-0.25, -0.2) is 0 Å². The molecule has 5 heteroatoms. The van der Waals surface area contributed by atoms with E-state index in [0.717, 1.165) is 16.3 Å². The smallest absolute Gasteiger partial charge is 0.274 e. The minimum absolute atomic E-state index is 0.162. The van der Waals surface area contributed by atoms with Crippen LogP contribution in [0.5, 0.6) is 0 Å². The molecule has 0 bridgehead atoms. The van der Waals surface area contributed by atoms with Crippen LogP contribution in [0.2, 0.25) is 0 Å². The molecule has 2 aromatic rings. The van der Waals surface area contributed by atoms with Crippen LogP contribution in [-0.4, -0.2) is 23.2 Å². The number of thioether (sulfide) groups is 1. The minimum atomic E-state index is -0.259. The average Bonchev–Trinajstić information content (AvgIpc) is 2.46. The molecule has 1 aromatic heterocycles. The van der Waals surface area contributed by atoms with Gasteiger partial charge in [0.15, 0.2) is 0 Å². The molecule has 0 aliphatic carbocycles. The number of hydrogen-bond donors (Lipinski definition) is 1. The van der Waals surface area contributed by atoms with E-state index in [-0.39, 0.29) is 11.5 Å². The van der Waals surface area contributed by atoms with Gasteiger partial charge in [0.05, 0.1) is 5.69 Å². The van der Waals surface area contributed by atoms with Crippen LogP contribution in [-0.2, 0) is 0 Å². The van der Waals surface area contributed by atoms with Crippen LogP contribution in [0, 0.1) is 0 Å². The van der Waals surface area contributed by atoms with Crippen LogP contribution < -0.4 is 10.5 Å². The number of hydrogen-bond acceptors (Lipinski definition) is 3. The van der Waals surface area contributed by atoms with Crippen LogP contribution in [0.3, 0.4) is 0 Å². The molecular formula is C14H12N2O2S. The summed E-state index contributed by atoms with van der Waals surface area (Å²) in [7, 11) is 0. The average molecular weight is 272 g/mol. The summed E-state index contributed by atoms with van der Waals surface area (Å²) in [6.45, 7) is 0.650. The molecule has 0 spiro atoms. The van der Waals surface area contributed by atoms with Crippen LogP contribution in [0.15, 0.2) is 52.2 Å². The molecular weight excluding hydrogens is 260 g/mol. The van der Waals surface area contributed by atoms with E-state index in [1.165, 1.54) is 6.07 Å². The number of nitrogens with zero attached hydrogens (tertiary/aromatic N) is 1. The van der Waals surface area contributed by atoms with E-state index in [0.29, 0.717) is 12.2 Å². The van der Waals surface area contributed by atoms with Gasteiger partial charge in [-0.2, -0.15) is 0 Å². The number of carbonyl (C=O) groups is 1. The lowest BCUT2D eigenvalue weighted by Gasteiger charge is -2.28. The van der Waals surface area contributed by atoms with Crippen molar-refractivity contribution in [2.45, 2.75) is 4.90 Å². The fourth-order valence-electron chi connectivity index (χ4n) is 2.10. The summed E-state index contributed by atoms with van der Waals surface area (Å²) >= 11 is 1.74. The summed E-state index contributed by atoms with van der Waals surface area (Å²) in [5, 5.41) is 0. The SMILES string of the molecule is O=C(c1cccc(=O)[nH]1)N1CCSc2ccccc21. The van der Waals surface area contributed by atoms with E-state index in [4.69, 9.17) is 0 Å². The summed E-state index contributed by atoms with van der Waals surface area (Å²) in [6.07, 6.45) is 0. The van der Waals surface area contributed by atoms with Crippen molar-refractivity contribution in [1.82, 2.24) is 4.98 Å². The van der Waals surface area contributed by atoms with Crippen LogP contribution in [0.1, 0.15) is 10.5 Å². The van der Waals surface area contributed by atoms with Gasteiger partial charge >= 0.3 is 0 Å². The third kappa shape index (κ3) is 2.29. The number of aromatic amines is 1. The number of benzene rings is 1. The van der Waals surface area contributed by atoms with Crippen molar-refractivity contribution >= 4 is 23.4 Å². The maximum Gasteiger partial charge on any atom is 0.274 e. The molecule has 0 unspecified atom stereocenters. The molecule has 1 amide bonds. The van der Waals surface area contributed by atoms with Gasteiger partial charge in [-0.3, -0.25) is 9.59 Å². The highest BCUT2D eigenvalue weighted by molar-refractivity contribution is 7.99. The summed E-state index contributed by atoms with van der Waals surface area (Å²) in [6, 6.07) is 12.4. The quantitative estimate of drug-likeness (QED) is 0.865. The van der Waals surface area contributed by atoms with E-state index < -0.39 is 0 Å². The Bertz CT molecular complexity index is 681. The van der Waals surface area contributed by atoms with Crippen molar-refractivity contribution in [3.8, 4) is 0 Å². The number of amides is 1. The number of rotatable bonds is 1. The maximum absolute atomic E-state index is 12.5. The number of H-pyrrole nitrogens is 1. The first-order chi connectivity index (χ1) is 9.25. The van der Waals surface area contributed by atoms with Gasteiger partial charge in [0, 0.05) is 23.3 Å². The van der Waals surface area contributed by atoms with E-state index >= 15 is 0 Å². The Labute approximate surface area is 114 Å². The zero-order chi connectivity index (χ0) is 13.2. The lowest BCUT2D eigenvalue weighted by molar-refractivity contribution is 0.0982. The van der Waals surface area contributed by atoms with Crippen molar-refractivity contribution in [3.63, 3.8) is 0 Å². The normalized spacial score (nSPS) is 14.0. The van der Waals surface area contributed by atoms with Crippen molar-refractivity contribution in [1.29, 1.82) is 0 Å². The fourth-order valence-corrected chi connectivity index (χ4v) is 3.09. The molecule has 1 aliphatic heterocycles.